The lowest BCUT2D eigenvalue weighted by atomic mass is 9.65. The minimum Gasteiger partial charge on any atom is -0.396 e. The Morgan fingerprint density at radius 2 is 1.97 bits per heavy atom. The van der Waals surface area contributed by atoms with E-state index < -0.39 is 29.1 Å². The summed E-state index contributed by atoms with van der Waals surface area (Å²) in [5.41, 5.74) is -1.68. The van der Waals surface area contributed by atoms with Crippen molar-refractivity contribution >= 4 is 17.7 Å². The van der Waals surface area contributed by atoms with Gasteiger partial charge in [0, 0.05) is 25.7 Å². The number of aliphatic hydroxyl groups excluding tert-OH is 1. The topological polar surface area (TPSA) is 108 Å². The van der Waals surface area contributed by atoms with Crippen molar-refractivity contribution in [3.63, 3.8) is 0 Å². The fourth-order valence-corrected chi connectivity index (χ4v) is 6.08. The van der Waals surface area contributed by atoms with Crippen LogP contribution in [0, 0.1) is 11.8 Å². The molecule has 3 fully saturated rings. The molecule has 8 nitrogen and oxygen atoms in total. The van der Waals surface area contributed by atoms with Crippen LogP contribution in [0.15, 0.2) is 0 Å². The average Bonchev–Trinajstić information content (AvgIpc) is 3.34. The number of likely N-dealkylation sites (tertiary alicyclic amines) is 1. The predicted molar refractivity (Wildman–Crippen MR) is 116 cm³/mol. The Balaban J connectivity index is 1.98. The van der Waals surface area contributed by atoms with Gasteiger partial charge in [0.25, 0.3) is 0 Å². The van der Waals surface area contributed by atoms with Gasteiger partial charge in [-0.25, -0.2) is 0 Å². The van der Waals surface area contributed by atoms with E-state index in [1.165, 1.54) is 0 Å². The lowest BCUT2D eigenvalue weighted by molar-refractivity contribution is -0.148. The molecule has 0 aromatic heterocycles. The molecule has 3 N–H and O–H groups in total. The molecule has 31 heavy (non-hydrogen) atoms. The van der Waals surface area contributed by atoms with Gasteiger partial charge in [0.1, 0.15) is 11.6 Å². The minimum absolute atomic E-state index is 0.00914. The van der Waals surface area contributed by atoms with E-state index in [0.717, 1.165) is 19.3 Å². The van der Waals surface area contributed by atoms with Gasteiger partial charge in [-0.2, -0.15) is 0 Å². The van der Waals surface area contributed by atoms with E-state index in [1.807, 2.05) is 20.8 Å². The predicted octanol–water partition coefficient (Wildman–Crippen LogP) is 1.35. The van der Waals surface area contributed by atoms with E-state index >= 15 is 0 Å². The average molecular weight is 438 g/mol. The molecule has 3 saturated heterocycles. The van der Waals surface area contributed by atoms with Crippen LogP contribution in [0.2, 0.25) is 0 Å². The zero-order valence-corrected chi connectivity index (χ0v) is 19.4. The zero-order chi connectivity index (χ0) is 22.8. The first-order valence-corrected chi connectivity index (χ1v) is 12.0. The SMILES string of the molecule is CCCNC(=O)[C@H]1[C@H]2C(=O)N(CCCO)C(C(=O)NC(C)CCC)C23CC[C@]1(CC)O3. The van der Waals surface area contributed by atoms with E-state index in [4.69, 9.17) is 4.74 Å². The second-order valence-corrected chi connectivity index (χ2v) is 9.43. The summed E-state index contributed by atoms with van der Waals surface area (Å²) in [6.07, 6.45) is 4.87. The van der Waals surface area contributed by atoms with Crippen molar-refractivity contribution in [1.82, 2.24) is 15.5 Å². The quantitative estimate of drug-likeness (QED) is 0.452. The summed E-state index contributed by atoms with van der Waals surface area (Å²) in [5, 5.41) is 15.4. The molecular weight excluding hydrogens is 398 g/mol. The van der Waals surface area contributed by atoms with Crippen LogP contribution < -0.4 is 10.6 Å². The van der Waals surface area contributed by atoms with Crippen molar-refractivity contribution in [2.45, 2.75) is 95.9 Å². The Morgan fingerprint density at radius 1 is 1.23 bits per heavy atom. The summed E-state index contributed by atoms with van der Waals surface area (Å²) in [6, 6.07) is -0.779. The monoisotopic (exact) mass is 437 g/mol. The van der Waals surface area contributed by atoms with Gasteiger partial charge in [-0.05, 0) is 45.4 Å². The largest absolute Gasteiger partial charge is 0.396 e. The maximum Gasteiger partial charge on any atom is 0.246 e. The first kappa shape index (κ1) is 24.0. The van der Waals surface area contributed by atoms with E-state index in [0.29, 0.717) is 32.2 Å². The lowest BCUT2D eigenvalue weighted by Gasteiger charge is -2.34. The van der Waals surface area contributed by atoms with E-state index in [2.05, 4.69) is 17.6 Å². The maximum absolute atomic E-state index is 13.7. The number of amides is 3. The molecule has 3 aliphatic heterocycles. The molecule has 3 heterocycles. The highest BCUT2D eigenvalue weighted by atomic mass is 16.5. The van der Waals surface area contributed by atoms with Crippen molar-refractivity contribution in [2.24, 2.45) is 11.8 Å². The van der Waals surface area contributed by atoms with Crippen LogP contribution in [0.25, 0.3) is 0 Å². The summed E-state index contributed by atoms with van der Waals surface area (Å²) in [6.45, 7) is 8.77. The smallest absolute Gasteiger partial charge is 0.246 e. The van der Waals surface area contributed by atoms with Crippen LogP contribution in [0.5, 0.6) is 0 Å². The molecule has 3 amide bonds. The molecule has 3 aliphatic rings. The van der Waals surface area contributed by atoms with Gasteiger partial charge in [0.2, 0.25) is 17.7 Å². The molecular formula is C23H39N3O5. The van der Waals surface area contributed by atoms with Crippen molar-refractivity contribution in [2.75, 3.05) is 19.7 Å². The fraction of sp³-hybridized carbons (Fsp3) is 0.870. The van der Waals surface area contributed by atoms with Crippen LogP contribution in [0.1, 0.15) is 72.6 Å². The van der Waals surface area contributed by atoms with Crippen LogP contribution in [-0.4, -0.2) is 70.7 Å². The van der Waals surface area contributed by atoms with E-state index in [1.54, 1.807) is 4.90 Å². The number of nitrogens with one attached hydrogen (secondary N) is 2. The molecule has 0 aromatic rings. The van der Waals surface area contributed by atoms with E-state index in [-0.39, 0.29) is 36.9 Å². The number of hydrogen-bond acceptors (Lipinski definition) is 5. The Labute approximate surface area is 185 Å². The number of ether oxygens (including phenoxy) is 1. The number of carbonyl (C=O) groups is 3. The Kier molecular flexibility index (Phi) is 7.31. The maximum atomic E-state index is 13.7. The summed E-state index contributed by atoms with van der Waals surface area (Å²) in [5.74, 6) is -1.80. The van der Waals surface area contributed by atoms with Crippen molar-refractivity contribution in [1.29, 1.82) is 0 Å². The molecule has 8 heteroatoms. The molecule has 3 unspecified atom stereocenters. The first-order chi connectivity index (χ1) is 14.8. The third-order valence-corrected chi connectivity index (χ3v) is 7.43. The Hall–Kier alpha value is -1.67. The zero-order valence-electron chi connectivity index (χ0n) is 19.4. The normalized spacial score (nSPS) is 34.7. The highest BCUT2D eigenvalue weighted by molar-refractivity contribution is 5.99. The summed E-state index contributed by atoms with van der Waals surface area (Å²) < 4.78 is 6.64. The number of hydrogen-bond donors (Lipinski definition) is 3. The van der Waals surface area contributed by atoms with Crippen molar-refractivity contribution in [3.8, 4) is 0 Å². The van der Waals surface area contributed by atoms with Gasteiger partial charge in [-0.3, -0.25) is 14.4 Å². The van der Waals surface area contributed by atoms with Gasteiger partial charge in [0.05, 0.1) is 17.4 Å². The molecule has 176 valence electrons. The number of rotatable bonds is 11. The van der Waals surface area contributed by atoms with E-state index in [9.17, 15) is 19.5 Å². The van der Waals surface area contributed by atoms with Gasteiger partial charge < -0.3 is 25.4 Å². The van der Waals surface area contributed by atoms with Crippen molar-refractivity contribution < 1.29 is 24.2 Å². The van der Waals surface area contributed by atoms with Gasteiger partial charge in [-0.15, -0.1) is 0 Å². The number of fused-ring (bicyclic) bond motifs is 1. The van der Waals surface area contributed by atoms with Gasteiger partial charge >= 0.3 is 0 Å². The first-order valence-electron chi connectivity index (χ1n) is 12.0. The molecule has 2 bridgehead atoms. The molecule has 3 rings (SSSR count). The highest BCUT2D eigenvalue weighted by Crippen LogP contribution is 2.64. The molecule has 0 saturated carbocycles. The van der Waals surface area contributed by atoms with Crippen LogP contribution in [0.4, 0.5) is 0 Å². The van der Waals surface area contributed by atoms with Crippen LogP contribution in [0.3, 0.4) is 0 Å². The minimum atomic E-state index is -0.979. The van der Waals surface area contributed by atoms with Crippen LogP contribution in [-0.2, 0) is 19.1 Å². The third kappa shape index (κ3) is 3.86. The summed E-state index contributed by atoms with van der Waals surface area (Å²) in [7, 11) is 0. The molecule has 6 atom stereocenters. The molecule has 0 aliphatic carbocycles. The Bertz CT molecular complexity index is 701. The summed E-state index contributed by atoms with van der Waals surface area (Å²) in [4.78, 5) is 41.9. The second kappa shape index (κ2) is 9.45. The standard InChI is InChI=1S/C23H39N3O5/c1-5-9-15(4)25-20(29)18-23-11-10-22(7-3,31-23)16(19(28)24-12-6-2)17(23)21(30)26(18)13-8-14-27/h15-18,27H,5-14H2,1-4H3,(H,24,28)(H,25,29)/t15?,16-,17+,18?,22+,23?/m1/s1. The highest BCUT2D eigenvalue weighted by Gasteiger charge is 2.78. The fourth-order valence-electron chi connectivity index (χ4n) is 6.08. The molecule has 1 spiro atoms. The van der Waals surface area contributed by atoms with Gasteiger partial charge in [-0.1, -0.05) is 27.2 Å². The number of carbonyl (C=O) groups excluding carboxylic acids is 3. The van der Waals surface area contributed by atoms with Crippen molar-refractivity contribution in [3.05, 3.63) is 0 Å². The number of aliphatic hydroxyl groups is 1. The summed E-state index contributed by atoms with van der Waals surface area (Å²) >= 11 is 0. The third-order valence-electron chi connectivity index (χ3n) is 7.43. The molecule has 0 aromatic carbocycles. The number of nitrogens with zero attached hydrogens (tertiary/aromatic N) is 1. The second-order valence-electron chi connectivity index (χ2n) is 9.43. The Morgan fingerprint density at radius 3 is 2.58 bits per heavy atom. The lowest BCUT2D eigenvalue weighted by Crippen LogP contribution is -2.56. The van der Waals surface area contributed by atoms with Gasteiger partial charge in [0.15, 0.2) is 0 Å². The van der Waals surface area contributed by atoms with Crippen LogP contribution >= 0.6 is 0 Å². The molecule has 0 radical (unpaired) electrons.